The first-order chi connectivity index (χ1) is 7.54. The zero-order chi connectivity index (χ0) is 12.1. The molecule has 16 heavy (non-hydrogen) atoms. The molecule has 3 N–H and O–H groups in total. The van der Waals surface area contributed by atoms with Crippen LogP contribution in [-0.4, -0.2) is 52.9 Å². The highest BCUT2D eigenvalue weighted by Crippen LogP contribution is 2.15. The molecule has 6 nitrogen and oxygen atoms in total. The highest BCUT2D eigenvalue weighted by Gasteiger charge is 2.25. The third kappa shape index (κ3) is 3.37. The van der Waals surface area contributed by atoms with Crippen LogP contribution >= 0.6 is 0 Å². The highest BCUT2D eigenvalue weighted by molar-refractivity contribution is 5.82. The number of amides is 2. The number of carboxylic acid groups (broad SMARTS) is 1. The zero-order valence-corrected chi connectivity index (χ0v) is 9.35. The van der Waals surface area contributed by atoms with Gasteiger partial charge >= 0.3 is 12.0 Å². The topological polar surface area (TPSA) is 89.9 Å². The minimum atomic E-state index is -1.05. The molecule has 0 bridgehead atoms. The van der Waals surface area contributed by atoms with Crippen LogP contribution in [0.3, 0.4) is 0 Å². The van der Waals surface area contributed by atoms with Crippen LogP contribution in [0.25, 0.3) is 0 Å². The third-order valence-electron chi connectivity index (χ3n) is 2.77. The minimum Gasteiger partial charge on any atom is -0.480 e. The molecule has 0 aromatic rings. The van der Waals surface area contributed by atoms with Gasteiger partial charge in [0.1, 0.15) is 6.04 Å². The summed E-state index contributed by atoms with van der Waals surface area (Å²) < 4.78 is 0. The molecule has 0 radical (unpaired) electrons. The molecule has 92 valence electrons. The number of urea groups is 1. The van der Waals surface area contributed by atoms with Crippen molar-refractivity contribution in [3.05, 3.63) is 0 Å². The Kier molecular flexibility index (Phi) is 4.54. The average Bonchev–Trinajstić information content (AvgIpc) is 2.28. The van der Waals surface area contributed by atoms with E-state index in [9.17, 15) is 9.59 Å². The van der Waals surface area contributed by atoms with Gasteiger partial charge in [0.15, 0.2) is 0 Å². The van der Waals surface area contributed by atoms with Gasteiger partial charge in [0.25, 0.3) is 0 Å². The lowest BCUT2D eigenvalue weighted by molar-refractivity contribution is -0.138. The first-order valence-electron chi connectivity index (χ1n) is 5.43. The summed E-state index contributed by atoms with van der Waals surface area (Å²) in [5, 5.41) is 20.1. The Morgan fingerprint density at radius 1 is 1.56 bits per heavy atom. The van der Waals surface area contributed by atoms with Crippen molar-refractivity contribution in [1.29, 1.82) is 0 Å². The van der Waals surface area contributed by atoms with E-state index in [0.717, 1.165) is 12.8 Å². The van der Waals surface area contributed by atoms with Crippen molar-refractivity contribution in [2.24, 2.45) is 5.92 Å². The molecule has 2 unspecified atom stereocenters. The first kappa shape index (κ1) is 12.8. The number of hydrogen-bond donors (Lipinski definition) is 3. The van der Waals surface area contributed by atoms with Crippen LogP contribution < -0.4 is 5.32 Å². The van der Waals surface area contributed by atoms with Gasteiger partial charge in [-0.1, -0.05) is 0 Å². The van der Waals surface area contributed by atoms with Crippen molar-refractivity contribution in [2.45, 2.75) is 25.8 Å². The number of aliphatic carboxylic acids is 1. The van der Waals surface area contributed by atoms with Crippen molar-refractivity contribution in [3.63, 3.8) is 0 Å². The van der Waals surface area contributed by atoms with Gasteiger partial charge in [0.2, 0.25) is 0 Å². The molecule has 0 aromatic heterocycles. The molecule has 1 heterocycles. The Bertz CT molecular complexity index is 270. The molecule has 1 saturated heterocycles. The van der Waals surface area contributed by atoms with E-state index >= 15 is 0 Å². The number of carbonyl (C=O) groups excluding carboxylic acids is 1. The Morgan fingerprint density at radius 3 is 2.81 bits per heavy atom. The predicted molar refractivity (Wildman–Crippen MR) is 57.0 cm³/mol. The Morgan fingerprint density at radius 2 is 2.25 bits per heavy atom. The Balaban J connectivity index is 2.44. The lowest BCUT2D eigenvalue weighted by Crippen LogP contribution is -2.50. The van der Waals surface area contributed by atoms with Crippen molar-refractivity contribution in [2.75, 3.05) is 19.7 Å². The number of hydrogen-bond acceptors (Lipinski definition) is 3. The summed E-state index contributed by atoms with van der Waals surface area (Å²) in [6.07, 6.45) is 1.76. The third-order valence-corrected chi connectivity index (χ3v) is 2.77. The van der Waals surface area contributed by atoms with E-state index in [2.05, 4.69) is 5.32 Å². The normalized spacial score (nSPS) is 22.6. The quantitative estimate of drug-likeness (QED) is 0.630. The van der Waals surface area contributed by atoms with E-state index in [-0.39, 0.29) is 18.6 Å². The summed E-state index contributed by atoms with van der Waals surface area (Å²) in [4.78, 5) is 23.8. The van der Waals surface area contributed by atoms with Crippen LogP contribution in [-0.2, 0) is 4.79 Å². The molecule has 0 aromatic carbocycles. The first-order valence-corrected chi connectivity index (χ1v) is 5.43. The molecular weight excluding hydrogens is 212 g/mol. The second kappa shape index (κ2) is 5.69. The number of carboxylic acids is 1. The van der Waals surface area contributed by atoms with Crippen molar-refractivity contribution >= 4 is 12.0 Å². The van der Waals surface area contributed by atoms with Crippen LogP contribution in [0.4, 0.5) is 4.79 Å². The Labute approximate surface area is 94.2 Å². The van der Waals surface area contributed by atoms with Crippen molar-refractivity contribution in [1.82, 2.24) is 10.2 Å². The van der Waals surface area contributed by atoms with E-state index in [4.69, 9.17) is 10.2 Å². The van der Waals surface area contributed by atoms with Crippen LogP contribution in [0.15, 0.2) is 0 Å². The van der Waals surface area contributed by atoms with Gasteiger partial charge in [0, 0.05) is 19.7 Å². The summed E-state index contributed by atoms with van der Waals surface area (Å²) >= 11 is 0. The summed E-state index contributed by atoms with van der Waals surface area (Å²) in [6, 6.07) is -1.25. The second-order valence-electron chi connectivity index (χ2n) is 4.15. The zero-order valence-electron chi connectivity index (χ0n) is 9.35. The number of nitrogens with one attached hydrogen (secondary N) is 1. The van der Waals surface area contributed by atoms with Crippen LogP contribution in [0.1, 0.15) is 19.8 Å². The smallest absolute Gasteiger partial charge is 0.325 e. The maximum atomic E-state index is 11.6. The molecule has 1 aliphatic rings. The van der Waals surface area contributed by atoms with Crippen LogP contribution in [0.5, 0.6) is 0 Å². The fourth-order valence-electron chi connectivity index (χ4n) is 1.74. The molecule has 0 spiro atoms. The van der Waals surface area contributed by atoms with Crippen LogP contribution in [0.2, 0.25) is 0 Å². The number of nitrogens with zero attached hydrogens (tertiary/aromatic N) is 1. The fraction of sp³-hybridized carbons (Fsp3) is 0.800. The standard InChI is InChI=1S/C10H18N2O4/c1-7(9(14)15)11-10(16)12-4-2-3-8(5-12)6-13/h7-8,13H,2-6H2,1H3,(H,11,16)(H,14,15). The number of likely N-dealkylation sites (tertiary alicyclic amines) is 1. The van der Waals surface area contributed by atoms with Gasteiger partial charge in [-0.25, -0.2) is 4.79 Å². The number of rotatable bonds is 3. The molecule has 1 rings (SSSR count). The second-order valence-corrected chi connectivity index (χ2v) is 4.15. The number of aliphatic hydroxyl groups excluding tert-OH is 1. The van der Waals surface area contributed by atoms with Gasteiger partial charge in [-0.2, -0.15) is 0 Å². The molecule has 2 amide bonds. The molecule has 6 heteroatoms. The predicted octanol–water partition coefficient (Wildman–Crippen LogP) is -0.127. The Hall–Kier alpha value is -1.30. The van der Waals surface area contributed by atoms with Gasteiger partial charge in [-0.3, -0.25) is 4.79 Å². The van der Waals surface area contributed by atoms with Gasteiger partial charge in [-0.05, 0) is 25.7 Å². The number of piperidine rings is 1. The molecule has 0 saturated carbocycles. The fourth-order valence-corrected chi connectivity index (χ4v) is 1.74. The van der Waals surface area contributed by atoms with E-state index in [1.165, 1.54) is 6.92 Å². The maximum absolute atomic E-state index is 11.6. The molecular formula is C10H18N2O4. The van der Waals surface area contributed by atoms with Crippen molar-refractivity contribution in [3.8, 4) is 0 Å². The van der Waals surface area contributed by atoms with E-state index in [0.29, 0.717) is 13.1 Å². The van der Waals surface area contributed by atoms with Gasteiger partial charge < -0.3 is 20.4 Å². The number of aliphatic hydroxyl groups is 1. The average molecular weight is 230 g/mol. The van der Waals surface area contributed by atoms with Crippen molar-refractivity contribution < 1.29 is 19.8 Å². The molecule has 0 aliphatic carbocycles. The minimum absolute atomic E-state index is 0.0677. The lowest BCUT2D eigenvalue weighted by Gasteiger charge is -2.32. The summed E-state index contributed by atoms with van der Waals surface area (Å²) in [6.45, 7) is 2.61. The molecule has 2 atom stereocenters. The van der Waals surface area contributed by atoms with E-state index in [1.54, 1.807) is 4.90 Å². The molecule has 1 aliphatic heterocycles. The van der Waals surface area contributed by atoms with E-state index < -0.39 is 12.0 Å². The highest BCUT2D eigenvalue weighted by atomic mass is 16.4. The molecule has 1 fully saturated rings. The monoisotopic (exact) mass is 230 g/mol. The summed E-state index contributed by atoms with van der Waals surface area (Å²) in [5.41, 5.74) is 0. The van der Waals surface area contributed by atoms with Gasteiger partial charge in [-0.15, -0.1) is 0 Å². The summed E-state index contributed by atoms with van der Waals surface area (Å²) in [5.74, 6) is -0.941. The van der Waals surface area contributed by atoms with E-state index in [1.807, 2.05) is 0 Å². The van der Waals surface area contributed by atoms with Crippen LogP contribution in [0, 0.1) is 5.92 Å². The lowest BCUT2D eigenvalue weighted by atomic mass is 9.99. The maximum Gasteiger partial charge on any atom is 0.325 e. The largest absolute Gasteiger partial charge is 0.480 e. The summed E-state index contributed by atoms with van der Waals surface area (Å²) in [7, 11) is 0. The SMILES string of the molecule is CC(NC(=O)N1CCCC(CO)C1)C(=O)O. The van der Waals surface area contributed by atoms with Gasteiger partial charge in [0.05, 0.1) is 0 Å². The number of carbonyl (C=O) groups is 2.